The molecule has 5 aromatic rings. The molecule has 1 spiro atoms. The van der Waals surface area contributed by atoms with Gasteiger partial charge in [-0.05, 0) is 45.7 Å². The molecular formula is C36H28O2S. The Kier molecular flexibility index (Phi) is 4.54. The van der Waals surface area contributed by atoms with E-state index in [-0.39, 0.29) is 0 Å². The van der Waals surface area contributed by atoms with E-state index in [1.54, 1.807) is 11.8 Å². The first-order valence-electron chi connectivity index (χ1n) is 13.5. The van der Waals surface area contributed by atoms with Crippen LogP contribution < -0.4 is 4.74 Å². The van der Waals surface area contributed by atoms with Gasteiger partial charge in [-0.1, -0.05) is 124 Å². The maximum Gasteiger partial charge on any atom is 0.180 e. The predicted octanol–water partition coefficient (Wildman–Crippen LogP) is 8.92. The summed E-state index contributed by atoms with van der Waals surface area (Å²) in [6.07, 6.45) is 4.43. The third-order valence-electron chi connectivity index (χ3n) is 8.78. The molecular weight excluding hydrogens is 496 g/mol. The summed E-state index contributed by atoms with van der Waals surface area (Å²) in [6.45, 7) is 6.38. The van der Waals surface area contributed by atoms with Crippen molar-refractivity contribution in [3.05, 3.63) is 131 Å². The quantitative estimate of drug-likeness (QED) is 0.219. The van der Waals surface area contributed by atoms with Gasteiger partial charge in [-0.15, -0.1) is 0 Å². The highest BCUT2D eigenvalue weighted by molar-refractivity contribution is 7.99. The molecule has 5 aromatic carbocycles. The van der Waals surface area contributed by atoms with Gasteiger partial charge in [-0.25, -0.2) is 0 Å². The van der Waals surface area contributed by atoms with Crippen LogP contribution in [0.5, 0.6) is 5.75 Å². The van der Waals surface area contributed by atoms with Gasteiger partial charge in [0, 0.05) is 37.4 Å². The topological polar surface area (TPSA) is 29.5 Å². The number of aliphatic hydroxyl groups is 1. The van der Waals surface area contributed by atoms with E-state index in [9.17, 15) is 5.11 Å². The van der Waals surface area contributed by atoms with Crippen LogP contribution in [0, 0.1) is 5.41 Å². The molecule has 0 saturated carbocycles. The Hall–Kier alpha value is -3.79. The fourth-order valence-corrected chi connectivity index (χ4v) is 8.14. The second kappa shape index (κ2) is 7.65. The first-order valence-corrected chi connectivity index (χ1v) is 14.3. The molecule has 0 bridgehead atoms. The molecule has 2 heterocycles. The second-order valence-electron chi connectivity index (χ2n) is 11.8. The molecule has 3 aliphatic rings. The Bertz CT molecular complexity index is 1830. The van der Waals surface area contributed by atoms with Crippen molar-refractivity contribution in [1.29, 1.82) is 0 Å². The van der Waals surface area contributed by atoms with Crippen LogP contribution in [-0.2, 0) is 11.2 Å². The van der Waals surface area contributed by atoms with Crippen molar-refractivity contribution in [2.24, 2.45) is 5.41 Å². The number of benzene rings is 5. The van der Waals surface area contributed by atoms with Crippen LogP contribution in [0.25, 0.3) is 28.0 Å². The molecule has 0 aromatic heterocycles. The lowest BCUT2D eigenvalue weighted by molar-refractivity contribution is -0.0223. The molecule has 1 unspecified atom stereocenters. The minimum atomic E-state index is -1.18. The molecule has 0 amide bonds. The van der Waals surface area contributed by atoms with Gasteiger partial charge in [0.1, 0.15) is 11.4 Å². The van der Waals surface area contributed by atoms with E-state index in [4.69, 9.17) is 4.74 Å². The van der Waals surface area contributed by atoms with Crippen LogP contribution in [0.4, 0.5) is 0 Å². The van der Waals surface area contributed by atoms with E-state index < -0.39 is 16.6 Å². The van der Waals surface area contributed by atoms with Gasteiger partial charge >= 0.3 is 0 Å². The first kappa shape index (κ1) is 23.1. The van der Waals surface area contributed by atoms with Crippen LogP contribution in [-0.4, -0.2) is 5.11 Å². The van der Waals surface area contributed by atoms with E-state index in [1.165, 1.54) is 9.79 Å². The lowest BCUT2D eigenvalue weighted by Crippen LogP contribution is -2.41. The summed E-state index contributed by atoms with van der Waals surface area (Å²) >= 11 is 1.80. The summed E-state index contributed by atoms with van der Waals surface area (Å²) in [6, 6.07) is 33.9. The number of rotatable bonds is 0. The van der Waals surface area contributed by atoms with Crippen molar-refractivity contribution in [3.8, 4) is 16.9 Å². The van der Waals surface area contributed by atoms with Crippen molar-refractivity contribution in [2.45, 2.75) is 41.8 Å². The third kappa shape index (κ3) is 2.82. The van der Waals surface area contributed by atoms with Gasteiger partial charge in [-0.3, -0.25) is 0 Å². The number of ether oxygens (including phenoxy) is 1. The average molecular weight is 525 g/mol. The van der Waals surface area contributed by atoms with Crippen LogP contribution in [0.1, 0.15) is 48.6 Å². The molecule has 1 N–H and O–H groups in total. The fraction of sp³-hybridized carbons (Fsp3) is 0.167. The normalized spacial score (nSPS) is 19.6. The van der Waals surface area contributed by atoms with Gasteiger partial charge in [-0.2, -0.15) is 0 Å². The maximum atomic E-state index is 12.8. The van der Waals surface area contributed by atoms with Crippen molar-refractivity contribution >= 4 is 28.6 Å². The summed E-state index contributed by atoms with van der Waals surface area (Å²) in [5.41, 5.74) is 5.00. The predicted molar refractivity (Wildman–Crippen MR) is 159 cm³/mol. The van der Waals surface area contributed by atoms with Crippen molar-refractivity contribution in [3.63, 3.8) is 0 Å². The van der Waals surface area contributed by atoms with E-state index >= 15 is 0 Å². The molecule has 0 fully saturated rings. The smallest absolute Gasteiger partial charge is 0.180 e. The van der Waals surface area contributed by atoms with Gasteiger partial charge in [0.25, 0.3) is 0 Å². The fourth-order valence-electron chi connectivity index (χ4n) is 6.96. The Labute approximate surface area is 233 Å². The highest BCUT2D eigenvalue weighted by Gasteiger charge is 2.53. The molecule has 2 nitrogen and oxygen atoms in total. The van der Waals surface area contributed by atoms with E-state index in [1.807, 2.05) is 6.07 Å². The second-order valence-corrected chi connectivity index (χ2v) is 12.9. The minimum Gasteiger partial charge on any atom is -0.472 e. The third-order valence-corrected chi connectivity index (χ3v) is 9.93. The summed E-state index contributed by atoms with van der Waals surface area (Å²) in [5, 5.41) is 14.9. The van der Waals surface area contributed by atoms with Gasteiger partial charge in [0.15, 0.2) is 5.60 Å². The van der Waals surface area contributed by atoms with Crippen LogP contribution >= 0.6 is 11.8 Å². The van der Waals surface area contributed by atoms with Gasteiger partial charge in [0.05, 0.1) is 0 Å². The zero-order valence-corrected chi connectivity index (χ0v) is 23.0. The van der Waals surface area contributed by atoms with E-state index in [0.29, 0.717) is 0 Å². The molecule has 8 rings (SSSR count). The number of hydrogen-bond donors (Lipinski definition) is 1. The first-order chi connectivity index (χ1) is 18.8. The van der Waals surface area contributed by atoms with Gasteiger partial charge in [0.2, 0.25) is 0 Å². The van der Waals surface area contributed by atoms with Crippen LogP contribution in [0.2, 0.25) is 0 Å². The molecule has 1 aliphatic carbocycles. The zero-order chi connectivity index (χ0) is 26.6. The van der Waals surface area contributed by atoms with E-state index in [0.717, 1.165) is 55.5 Å². The van der Waals surface area contributed by atoms with Crippen LogP contribution in [0.3, 0.4) is 0 Å². The summed E-state index contributed by atoms with van der Waals surface area (Å²) in [4.78, 5) is 2.40. The molecule has 0 saturated heterocycles. The number of fused-ring (bicyclic) bond motifs is 12. The standard InChI is InChI=1S/C36H28O2S/c1-34(2,3)36(37)26-15-7-6-14-24(26)31-22-12-4-5-13-23(22)33-25(32(31)36)20-21-35(38-33)27-16-8-10-18-29(27)39-30-19-11-9-17-28(30)35/h4-21,37H,1-3H3. The minimum absolute atomic E-state index is 0.450. The molecule has 3 heteroatoms. The highest BCUT2D eigenvalue weighted by Crippen LogP contribution is 2.62. The molecule has 39 heavy (non-hydrogen) atoms. The Morgan fingerprint density at radius 3 is 1.92 bits per heavy atom. The average Bonchev–Trinajstić information content (AvgIpc) is 3.24. The van der Waals surface area contributed by atoms with E-state index in [2.05, 4.69) is 124 Å². The lowest BCUT2D eigenvalue weighted by atomic mass is 9.69. The summed E-state index contributed by atoms with van der Waals surface area (Å²) in [7, 11) is 0. The zero-order valence-electron chi connectivity index (χ0n) is 22.2. The monoisotopic (exact) mass is 524 g/mol. The largest absolute Gasteiger partial charge is 0.472 e. The Morgan fingerprint density at radius 2 is 1.26 bits per heavy atom. The van der Waals surface area contributed by atoms with Crippen molar-refractivity contribution in [2.75, 3.05) is 0 Å². The molecule has 190 valence electrons. The van der Waals surface area contributed by atoms with Crippen LogP contribution in [0.15, 0.2) is 113 Å². The van der Waals surface area contributed by atoms with Gasteiger partial charge < -0.3 is 9.84 Å². The Balaban J connectivity index is 1.50. The molecule has 0 radical (unpaired) electrons. The van der Waals surface area contributed by atoms with Crippen molar-refractivity contribution in [1.82, 2.24) is 0 Å². The lowest BCUT2D eigenvalue weighted by Gasteiger charge is -2.43. The maximum absolute atomic E-state index is 12.8. The van der Waals surface area contributed by atoms with Crippen molar-refractivity contribution < 1.29 is 9.84 Å². The Morgan fingerprint density at radius 1 is 0.692 bits per heavy atom. The number of hydrogen-bond acceptors (Lipinski definition) is 3. The molecule has 1 atom stereocenters. The SMILES string of the molecule is CC(C)(C)C1(O)c2ccccc2-c2c1c1c(c3ccccc23)OC2(C=C1)c1ccccc1Sc1ccccc12. The summed E-state index contributed by atoms with van der Waals surface area (Å²) in [5.74, 6) is 0.832. The summed E-state index contributed by atoms with van der Waals surface area (Å²) < 4.78 is 7.35. The highest BCUT2D eigenvalue weighted by atomic mass is 32.2. The molecule has 2 aliphatic heterocycles.